The van der Waals surface area contributed by atoms with Crippen LogP contribution in [0.2, 0.25) is 5.15 Å². The monoisotopic (exact) mass is 258 g/mol. The smallest absolute Gasteiger partial charge is 0.272 e. The minimum Gasteiger partial charge on any atom is -0.337 e. The summed E-state index contributed by atoms with van der Waals surface area (Å²) in [4.78, 5) is 17.7. The van der Waals surface area contributed by atoms with Gasteiger partial charge in [-0.05, 0) is 25.3 Å². The van der Waals surface area contributed by atoms with E-state index in [0.717, 1.165) is 5.75 Å². The Morgan fingerprint density at radius 3 is 2.88 bits per heavy atom. The number of pyridine rings is 1. The third-order valence-electron chi connectivity index (χ3n) is 2.32. The molecule has 1 amide bonds. The minimum absolute atomic E-state index is 0.0935. The second-order valence-corrected chi connectivity index (χ2v) is 4.86. The minimum atomic E-state index is -0.0935. The van der Waals surface area contributed by atoms with Crippen LogP contribution in [0.25, 0.3) is 0 Å². The summed E-state index contributed by atoms with van der Waals surface area (Å²) in [6.45, 7) is 2.01. The number of rotatable bonds is 4. The first-order valence-corrected chi connectivity index (χ1v) is 6.72. The number of amides is 1. The van der Waals surface area contributed by atoms with Crippen LogP contribution in [0.5, 0.6) is 0 Å². The molecule has 5 heteroatoms. The van der Waals surface area contributed by atoms with Gasteiger partial charge in [0.2, 0.25) is 0 Å². The van der Waals surface area contributed by atoms with Crippen molar-refractivity contribution in [2.24, 2.45) is 0 Å². The highest BCUT2D eigenvalue weighted by atomic mass is 35.5. The zero-order chi connectivity index (χ0) is 12.1. The Bertz CT molecular complexity index is 373. The molecule has 0 spiro atoms. The van der Waals surface area contributed by atoms with Crippen molar-refractivity contribution < 1.29 is 4.79 Å². The molecule has 1 aromatic rings. The van der Waals surface area contributed by atoms with Gasteiger partial charge in [-0.15, -0.1) is 0 Å². The molecule has 16 heavy (non-hydrogen) atoms. The fourth-order valence-electron chi connectivity index (χ4n) is 1.26. The van der Waals surface area contributed by atoms with Crippen molar-refractivity contribution in [2.45, 2.75) is 13.0 Å². The Morgan fingerprint density at radius 1 is 1.62 bits per heavy atom. The molecule has 1 heterocycles. The van der Waals surface area contributed by atoms with Gasteiger partial charge < -0.3 is 4.90 Å². The largest absolute Gasteiger partial charge is 0.337 e. The van der Waals surface area contributed by atoms with Crippen LogP contribution in [0, 0.1) is 0 Å². The fourth-order valence-corrected chi connectivity index (χ4v) is 2.13. The van der Waals surface area contributed by atoms with Gasteiger partial charge in [0.25, 0.3) is 5.91 Å². The summed E-state index contributed by atoms with van der Waals surface area (Å²) in [6.07, 6.45) is 2.02. The van der Waals surface area contributed by atoms with Gasteiger partial charge in [0, 0.05) is 18.8 Å². The third-order valence-corrected chi connectivity index (χ3v) is 3.35. The predicted octanol–water partition coefficient (Wildman–Crippen LogP) is 2.56. The van der Waals surface area contributed by atoms with Crippen molar-refractivity contribution >= 4 is 29.3 Å². The first kappa shape index (κ1) is 13.3. The fraction of sp³-hybridized carbons (Fsp3) is 0.455. The van der Waals surface area contributed by atoms with E-state index in [2.05, 4.69) is 4.98 Å². The topological polar surface area (TPSA) is 33.2 Å². The Hall–Kier alpha value is -0.740. The number of carbonyl (C=O) groups excluding carboxylic acids is 1. The normalized spacial score (nSPS) is 12.2. The van der Waals surface area contributed by atoms with Crippen LogP contribution in [0.1, 0.15) is 17.4 Å². The lowest BCUT2D eigenvalue weighted by Gasteiger charge is -2.23. The molecular weight excluding hydrogens is 244 g/mol. The van der Waals surface area contributed by atoms with E-state index < -0.39 is 0 Å². The number of aromatic nitrogens is 1. The number of hydrogen-bond acceptors (Lipinski definition) is 3. The standard InChI is InChI=1S/C11H15ClN2OS/c1-8(7-16-3)14(2)11(15)9-5-4-6-10(12)13-9/h4-6,8H,7H2,1-3H3. The molecule has 1 unspecified atom stereocenters. The molecule has 0 aromatic carbocycles. The summed E-state index contributed by atoms with van der Waals surface area (Å²) >= 11 is 7.46. The van der Waals surface area contributed by atoms with Gasteiger partial charge in [-0.2, -0.15) is 11.8 Å². The first-order valence-electron chi connectivity index (χ1n) is 4.95. The van der Waals surface area contributed by atoms with Gasteiger partial charge in [-0.25, -0.2) is 4.98 Å². The van der Waals surface area contributed by atoms with E-state index in [-0.39, 0.29) is 11.9 Å². The van der Waals surface area contributed by atoms with Gasteiger partial charge in [-0.3, -0.25) is 4.79 Å². The molecule has 0 aliphatic carbocycles. The molecule has 0 bridgehead atoms. The predicted molar refractivity (Wildman–Crippen MR) is 69.2 cm³/mol. The highest BCUT2D eigenvalue weighted by molar-refractivity contribution is 7.98. The van der Waals surface area contributed by atoms with E-state index in [1.54, 1.807) is 41.9 Å². The maximum Gasteiger partial charge on any atom is 0.272 e. The lowest BCUT2D eigenvalue weighted by molar-refractivity contribution is 0.0751. The molecule has 0 aliphatic rings. The SMILES string of the molecule is CSCC(C)N(C)C(=O)c1cccc(Cl)n1. The molecule has 3 nitrogen and oxygen atoms in total. The Labute approximate surface area is 105 Å². The van der Waals surface area contributed by atoms with E-state index in [4.69, 9.17) is 11.6 Å². The molecule has 0 N–H and O–H groups in total. The maximum atomic E-state index is 12.0. The number of thioether (sulfide) groups is 1. The second kappa shape index (κ2) is 6.11. The van der Waals surface area contributed by atoms with Crippen molar-refractivity contribution in [1.82, 2.24) is 9.88 Å². The molecular formula is C11H15ClN2OS. The van der Waals surface area contributed by atoms with Crippen LogP contribution in [0.15, 0.2) is 18.2 Å². The van der Waals surface area contributed by atoms with E-state index in [0.29, 0.717) is 10.8 Å². The number of carbonyl (C=O) groups is 1. The highest BCUT2D eigenvalue weighted by Gasteiger charge is 2.18. The molecule has 88 valence electrons. The van der Waals surface area contributed by atoms with Crippen molar-refractivity contribution in [2.75, 3.05) is 19.1 Å². The van der Waals surface area contributed by atoms with Crippen LogP contribution in [0.3, 0.4) is 0 Å². The van der Waals surface area contributed by atoms with Crippen LogP contribution in [-0.2, 0) is 0 Å². The van der Waals surface area contributed by atoms with Crippen LogP contribution >= 0.6 is 23.4 Å². The molecule has 0 aliphatic heterocycles. The van der Waals surface area contributed by atoms with Gasteiger partial charge >= 0.3 is 0 Å². The first-order chi connectivity index (χ1) is 7.56. The van der Waals surface area contributed by atoms with E-state index in [9.17, 15) is 4.79 Å². The van der Waals surface area contributed by atoms with Gasteiger partial charge in [-0.1, -0.05) is 17.7 Å². The van der Waals surface area contributed by atoms with Crippen molar-refractivity contribution in [3.8, 4) is 0 Å². The average molecular weight is 259 g/mol. The molecule has 0 saturated carbocycles. The number of hydrogen-bond donors (Lipinski definition) is 0. The van der Waals surface area contributed by atoms with Gasteiger partial charge in [0.05, 0.1) is 0 Å². The van der Waals surface area contributed by atoms with E-state index >= 15 is 0 Å². The van der Waals surface area contributed by atoms with Crippen LogP contribution in [-0.4, -0.2) is 40.9 Å². The maximum absolute atomic E-state index is 12.0. The van der Waals surface area contributed by atoms with Crippen LogP contribution in [0.4, 0.5) is 0 Å². The molecule has 0 fully saturated rings. The van der Waals surface area contributed by atoms with Crippen molar-refractivity contribution in [3.05, 3.63) is 29.0 Å². The molecule has 1 rings (SSSR count). The molecule has 1 aromatic heterocycles. The molecule has 0 saturated heterocycles. The third kappa shape index (κ3) is 3.39. The average Bonchev–Trinajstić information content (AvgIpc) is 2.27. The zero-order valence-electron chi connectivity index (χ0n) is 9.61. The van der Waals surface area contributed by atoms with Gasteiger partial charge in [0.1, 0.15) is 10.8 Å². The Kier molecular flexibility index (Phi) is 5.09. The van der Waals surface area contributed by atoms with Crippen molar-refractivity contribution in [1.29, 1.82) is 0 Å². The summed E-state index contributed by atoms with van der Waals surface area (Å²) < 4.78 is 0. The highest BCUT2D eigenvalue weighted by Crippen LogP contribution is 2.10. The van der Waals surface area contributed by atoms with Crippen LogP contribution < -0.4 is 0 Å². The summed E-state index contributed by atoms with van der Waals surface area (Å²) in [5, 5.41) is 0.344. The molecule has 0 radical (unpaired) electrons. The Morgan fingerprint density at radius 2 is 2.31 bits per heavy atom. The quantitative estimate of drug-likeness (QED) is 0.779. The zero-order valence-corrected chi connectivity index (χ0v) is 11.2. The number of nitrogens with zero attached hydrogens (tertiary/aromatic N) is 2. The van der Waals surface area contributed by atoms with E-state index in [1.165, 1.54) is 0 Å². The lowest BCUT2D eigenvalue weighted by Crippen LogP contribution is -2.37. The summed E-state index contributed by atoms with van der Waals surface area (Å²) in [5.41, 5.74) is 0.392. The lowest BCUT2D eigenvalue weighted by atomic mass is 10.2. The van der Waals surface area contributed by atoms with Crippen molar-refractivity contribution in [3.63, 3.8) is 0 Å². The molecule has 1 atom stereocenters. The van der Waals surface area contributed by atoms with E-state index in [1.807, 2.05) is 13.2 Å². The Balaban J connectivity index is 2.77. The summed E-state index contributed by atoms with van der Waals surface area (Å²) in [6, 6.07) is 5.25. The summed E-state index contributed by atoms with van der Waals surface area (Å²) in [5.74, 6) is 0.812. The number of halogens is 1. The van der Waals surface area contributed by atoms with Gasteiger partial charge in [0.15, 0.2) is 0 Å². The summed E-state index contributed by atoms with van der Waals surface area (Å²) in [7, 11) is 1.78. The second-order valence-electron chi connectivity index (χ2n) is 3.57.